The van der Waals surface area contributed by atoms with Crippen molar-refractivity contribution in [1.82, 2.24) is 15.6 Å². The van der Waals surface area contributed by atoms with Crippen LogP contribution in [0.15, 0.2) is 36.5 Å². The van der Waals surface area contributed by atoms with Gasteiger partial charge >= 0.3 is 18.0 Å². The van der Waals surface area contributed by atoms with Gasteiger partial charge in [-0.15, -0.1) is 0 Å². The van der Waals surface area contributed by atoms with Crippen LogP contribution in [0.5, 0.6) is 0 Å². The number of aromatic nitrogens is 1. The van der Waals surface area contributed by atoms with Crippen molar-refractivity contribution >= 4 is 28.9 Å². The number of carboxylic acid groups (broad SMARTS) is 2. The number of likely N-dealkylation sites (N-methyl/N-ethyl adjacent to an activating group) is 1. The van der Waals surface area contributed by atoms with Crippen molar-refractivity contribution in [2.45, 2.75) is 18.9 Å². The van der Waals surface area contributed by atoms with Crippen LogP contribution in [0.25, 0.3) is 10.9 Å². The summed E-state index contributed by atoms with van der Waals surface area (Å²) in [5, 5.41) is 22.9. The molecule has 2 heterocycles. The normalized spacial score (nSPS) is 15.8. The summed E-state index contributed by atoms with van der Waals surface area (Å²) in [5.41, 5.74) is 3.70. The second-order valence-corrected chi connectivity index (χ2v) is 6.20. The third-order valence-corrected chi connectivity index (χ3v) is 4.06. The minimum Gasteiger partial charge on any atom is -0.478 e. The zero-order chi connectivity index (χ0) is 20.5. The molecule has 3 rings (SSSR count). The molecule has 1 saturated heterocycles. The molecule has 9 heteroatoms. The minimum atomic E-state index is -1.26. The smallest absolute Gasteiger partial charge is 0.407 e. The Labute approximate surface area is 161 Å². The van der Waals surface area contributed by atoms with Gasteiger partial charge in [-0.05, 0) is 49.7 Å². The largest absolute Gasteiger partial charge is 0.478 e. The van der Waals surface area contributed by atoms with Gasteiger partial charge in [0.1, 0.15) is 6.61 Å². The Morgan fingerprint density at radius 1 is 1.29 bits per heavy atom. The summed E-state index contributed by atoms with van der Waals surface area (Å²) in [5.74, 6) is -2.51. The number of carbonyl (C=O) groups is 3. The number of alkyl carbamates (subject to hydrolysis) is 1. The zero-order valence-corrected chi connectivity index (χ0v) is 15.4. The van der Waals surface area contributed by atoms with Crippen LogP contribution in [0, 0.1) is 0 Å². The monoisotopic (exact) mass is 389 g/mol. The number of nitrogens with one attached hydrogen (secondary N) is 3. The van der Waals surface area contributed by atoms with E-state index in [-0.39, 0.29) is 12.1 Å². The van der Waals surface area contributed by atoms with Crippen molar-refractivity contribution in [3.63, 3.8) is 0 Å². The van der Waals surface area contributed by atoms with Gasteiger partial charge < -0.3 is 30.6 Å². The lowest BCUT2D eigenvalue weighted by atomic mass is 10.0. The van der Waals surface area contributed by atoms with Crippen molar-refractivity contribution in [3.8, 4) is 0 Å². The number of H-pyrrole nitrogens is 1. The second-order valence-electron chi connectivity index (χ2n) is 6.20. The van der Waals surface area contributed by atoms with Crippen LogP contribution in [0.4, 0.5) is 4.79 Å². The van der Waals surface area contributed by atoms with Crippen molar-refractivity contribution in [3.05, 3.63) is 47.7 Å². The predicted molar refractivity (Wildman–Crippen MR) is 102 cm³/mol. The highest BCUT2D eigenvalue weighted by Crippen LogP contribution is 2.21. The number of ether oxygens (including phenoxy) is 1. The highest BCUT2D eigenvalue weighted by Gasteiger charge is 2.22. The standard InChI is InChI=1S/C15H19N3O2.C4H4O4/c1-16-5-4-11-8-17-14-3-2-10(7-13(11)14)6-12-9-20-15(19)18-12;5-3(6)1-2-4(7)8/h2-3,7-8,12,16-17H,4-6,9H2,1H3,(H,18,19);1-2H,(H,5,6)(H,7,8). The maximum atomic E-state index is 11.0. The number of amides is 1. The first-order valence-corrected chi connectivity index (χ1v) is 8.69. The van der Waals surface area contributed by atoms with Crippen LogP contribution < -0.4 is 10.6 Å². The number of carboxylic acids is 2. The highest BCUT2D eigenvalue weighted by atomic mass is 16.6. The van der Waals surface area contributed by atoms with Gasteiger partial charge in [-0.3, -0.25) is 0 Å². The summed E-state index contributed by atoms with van der Waals surface area (Å²) < 4.78 is 4.92. The topological polar surface area (TPSA) is 141 Å². The van der Waals surface area contributed by atoms with E-state index in [9.17, 15) is 14.4 Å². The predicted octanol–water partition coefficient (Wildman–Crippen LogP) is 1.29. The number of hydrogen-bond donors (Lipinski definition) is 5. The van der Waals surface area contributed by atoms with E-state index in [0.29, 0.717) is 18.8 Å². The Morgan fingerprint density at radius 2 is 2.00 bits per heavy atom. The van der Waals surface area contributed by atoms with Gasteiger partial charge in [-0.1, -0.05) is 6.07 Å². The van der Waals surface area contributed by atoms with Crippen LogP contribution in [0.3, 0.4) is 0 Å². The molecule has 1 aromatic heterocycles. The van der Waals surface area contributed by atoms with Gasteiger partial charge in [-0.2, -0.15) is 0 Å². The van der Waals surface area contributed by atoms with Gasteiger partial charge in [0.2, 0.25) is 0 Å². The molecule has 150 valence electrons. The number of aromatic amines is 1. The Morgan fingerprint density at radius 3 is 2.57 bits per heavy atom. The lowest BCUT2D eigenvalue weighted by Gasteiger charge is -2.08. The van der Waals surface area contributed by atoms with Gasteiger partial charge in [-0.25, -0.2) is 14.4 Å². The summed E-state index contributed by atoms with van der Waals surface area (Å²) in [7, 11) is 1.96. The first-order chi connectivity index (χ1) is 13.4. The fourth-order valence-electron chi connectivity index (χ4n) is 2.78. The SMILES string of the molecule is CNCCc1c[nH]c2ccc(CC3COC(=O)N3)cc12.O=C(O)C=CC(=O)O. The van der Waals surface area contributed by atoms with E-state index in [1.165, 1.54) is 16.5 Å². The molecule has 0 radical (unpaired) electrons. The minimum absolute atomic E-state index is 0.0830. The number of carbonyl (C=O) groups excluding carboxylic acids is 1. The van der Waals surface area contributed by atoms with E-state index < -0.39 is 11.9 Å². The molecule has 0 bridgehead atoms. The Kier molecular flexibility index (Phi) is 7.58. The van der Waals surface area contributed by atoms with E-state index in [4.69, 9.17) is 14.9 Å². The van der Waals surface area contributed by atoms with E-state index in [2.05, 4.69) is 40.0 Å². The number of rotatable bonds is 7. The molecular weight excluding hydrogens is 366 g/mol. The number of cyclic esters (lactones) is 1. The fraction of sp³-hybridized carbons (Fsp3) is 0.316. The van der Waals surface area contributed by atoms with Crippen LogP contribution in [0.1, 0.15) is 11.1 Å². The van der Waals surface area contributed by atoms with E-state index in [0.717, 1.165) is 24.9 Å². The van der Waals surface area contributed by atoms with Crippen LogP contribution >= 0.6 is 0 Å². The number of fused-ring (bicyclic) bond motifs is 1. The first-order valence-electron chi connectivity index (χ1n) is 8.69. The van der Waals surface area contributed by atoms with E-state index in [1.54, 1.807) is 0 Å². The molecule has 0 saturated carbocycles. The molecule has 1 fully saturated rings. The maximum Gasteiger partial charge on any atom is 0.407 e. The molecular formula is C19H23N3O6. The summed E-state index contributed by atoms with van der Waals surface area (Å²) in [4.78, 5) is 33.5. The summed E-state index contributed by atoms with van der Waals surface area (Å²) >= 11 is 0. The maximum absolute atomic E-state index is 11.0. The molecule has 28 heavy (non-hydrogen) atoms. The lowest BCUT2D eigenvalue weighted by molar-refractivity contribution is -0.134. The summed E-state index contributed by atoms with van der Waals surface area (Å²) in [6.45, 7) is 1.42. The zero-order valence-electron chi connectivity index (χ0n) is 15.4. The average Bonchev–Trinajstić information content (AvgIpc) is 3.24. The fourth-order valence-corrected chi connectivity index (χ4v) is 2.78. The lowest BCUT2D eigenvalue weighted by Crippen LogP contribution is -2.28. The molecule has 9 nitrogen and oxygen atoms in total. The summed E-state index contributed by atoms with van der Waals surface area (Å²) in [6, 6.07) is 6.50. The van der Waals surface area contributed by atoms with Gasteiger partial charge in [0.25, 0.3) is 0 Å². The quantitative estimate of drug-likeness (QED) is 0.449. The van der Waals surface area contributed by atoms with E-state index in [1.807, 2.05) is 7.05 Å². The van der Waals surface area contributed by atoms with Gasteiger partial charge in [0, 0.05) is 29.3 Å². The summed E-state index contributed by atoms with van der Waals surface area (Å²) in [6.07, 6.45) is 4.69. The average molecular weight is 389 g/mol. The van der Waals surface area contributed by atoms with Crippen LogP contribution in [-0.4, -0.2) is 59.5 Å². The molecule has 0 aliphatic carbocycles. The van der Waals surface area contributed by atoms with Crippen LogP contribution in [-0.2, 0) is 27.2 Å². The van der Waals surface area contributed by atoms with Crippen LogP contribution in [0.2, 0.25) is 0 Å². The number of hydrogen-bond acceptors (Lipinski definition) is 5. The Bertz CT molecular complexity index is 858. The molecule has 1 amide bonds. The van der Waals surface area contributed by atoms with Gasteiger partial charge in [0.15, 0.2) is 0 Å². The molecule has 1 aliphatic rings. The Hall–Kier alpha value is -3.33. The molecule has 1 aromatic carbocycles. The Balaban J connectivity index is 0.000000300. The van der Waals surface area contributed by atoms with Crippen molar-refractivity contribution in [2.75, 3.05) is 20.2 Å². The highest BCUT2D eigenvalue weighted by molar-refractivity contribution is 5.89. The molecule has 1 unspecified atom stereocenters. The molecule has 5 N–H and O–H groups in total. The third-order valence-electron chi connectivity index (χ3n) is 4.06. The second kappa shape index (κ2) is 10.1. The van der Waals surface area contributed by atoms with E-state index >= 15 is 0 Å². The number of aliphatic carboxylic acids is 2. The molecule has 2 aromatic rings. The molecule has 1 aliphatic heterocycles. The van der Waals surface area contributed by atoms with Crippen molar-refractivity contribution < 1.29 is 29.3 Å². The molecule has 0 spiro atoms. The number of benzene rings is 1. The first kappa shape index (κ1) is 21.0. The van der Waals surface area contributed by atoms with Gasteiger partial charge in [0.05, 0.1) is 6.04 Å². The van der Waals surface area contributed by atoms with Crippen molar-refractivity contribution in [2.24, 2.45) is 0 Å². The molecule has 1 atom stereocenters. The van der Waals surface area contributed by atoms with Crippen molar-refractivity contribution in [1.29, 1.82) is 0 Å². The third kappa shape index (κ3) is 6.44.